The van der Waals surface area contributed by atoms with E-state index in [-0.39, 0.29) is 0 Å². The van der Waals surface area contributed by atoms with Gasteiger partial charge in [0.15, 0.2) is 0 Å². The molecule has 5 nitrogen and oxygen atoms in total. The lowest BCUT2D eigenvalue weighted by atomic mass is 9.95. The van der Waals surface area contributed by atoms with Crippen LogP contribution in [0.4, 0.5) is 5.69 Å². The molecule has 2 amide bonds. The van der Waals surface area contributed by atoms with Crippen LogP contribution in [0.25, 0.3) is 0 Å². The fraction of sp³-hybridized carbons (Fsp3) is 0.619. The molecule has 2 heterocycles. The minimum atomic E-state index is -0.590. The molecule has 0 spiro atoms. The maximum atomic E-state index is 12.1. The molecule has 1 unspecified atom stereocenters. The van der Waals surface area contributed by atoms with Crippen molar-refractivity contribution in [2.75, 3.05) is 36.5 Å². The van der Waals surface area contributed by atoms with Crippen molar-refractivity contribution in [1.29, 1.82) is 0 Å². The van der Waals surface area contributed by atoms with E-state index in [0.29, 0.717) is 24.1 Å². The summed E-state index contributed by atoms with van der Waals surface area (Å²) in [6.45, 7) is 7.06. The van der Waals surface area contributed by atoms with Crippen LogP contribution in [0.1, 0.15) is 44.6 Å². The SMILES string of the molecule is CC(C)c1ccc(NC(=O)C(=O)NCC2CCN(C3CCSC3)CC2)cc1. The molecule has 3 rings (SSSR count). The predicted molar refractivity (Wildman–Crippen MR) is 112 cm³/mol. The van der Waals surface area contributed by atoms with Gasteiger partial charge in [0.1, 0.15) is 0 Å². The van der Waals surface area contributed by atoms with Crippen LogP contribution in [-0.4, -0.2) is 53.9 Å². The summed E-state index contributed by atoms with van der Waals surface area (Å²) in [6.07, 6.45) is 3.50. The molecule has 2 aliphatic heterocycles. The minimum absolute atomic E-state index is 0.442. The summed E-state index contributed by atoms with van der Waals surface area (Å²) in [4.78, 5) is 26.8. The standard InChI is InChI=1S/C21H31N3O2S/c1-15(2)17-3-5-18(6-4-17)23-21(26)20(25)22-13-16-7-10-24(11-8-16)19-9-12-27-14-19/h3-6,15-16,19H,7-14H2,1-2H3,(H,22,25)(H,23,26). The minimum Gasteiger partial charge on any atom is -0.348 e. The molecule has 1 aromatic rings. The van der Waals surface area contributed by atoms with Crippen LogP contribution in [0, 0.1) is 5.92 Å². The first-order chi connectivity index (χ1) is 13.0. The number of anilines is 1. The number of nitrogens with zero attached hydrogens (tertiary/aromatic N) is 1. The Labute approximate surface area is 166 Å². The van der Waals surface area contributed by atoms with E-state index in [0.717, 1.165) is 32.0 Å². The Hall–Kier alpha value is -1.53. The van der Waals surface area contributed by atoms with Crippen LogP contribution in [-0.2, 0) is 9.59 Å². The number of likely N-dealkylation sites (tertiary alicyclic amines) is 1. The zero-order valence-electron chi connectivity index (χ0n) is 16.4. The summed E-state index contributed by atoms with van der Waals surface area (Å²) in [6, 6.07) is 8.40. The molecule has 0 aromatic heterocycles. The van der Waals surface area contributed by atoms with Gasteiger partial charge in [0.2, 0.25) is 0 Å². The summed E-state index contributed by atoms with van der Waals surface area (Å²) < 4.78 is 0. The molecule has 2 saturated heterocycles. The number of amides is 2. The Morgan fingerprint density at radius 2 is 1.81 bits per heavy atom. The second kappa shape index (κ2) is 9.60. The van der Waals surface area contributed by atoms with Crippen molar-refractivity contribution in [2.45, 2.75) is 45.1 Å². The molecule has 2 N–H and O–H groups in total. The van der Waals surface area contributed by atoms with Gasteiger partial charge < -0.3 is 10.6 Å². The number of carbonyl (C=O) groups is 2. The zero-order valence-corrected chi connectivity index (χ0v) is 17.2. The highest BCUT2D eigenvalue weighted by Crippen LogP contribution is 2.26. The highest BCUT2D eigenvalue weighted by atomic mass is 32.2. The van der Waals surface area contributed by atoms with Gasteiger partial charge in [0.25, 0.3) is 0 Å². The largest absolute Gasteiger partial charge is 0.348 e. The third-order valence-electron chi connectivity index (χ3n) is 5.66. The van der Waals surface area contributed by atoms with Crippen LogP contribution in [0.3, 0.4) is 0 Å². The molecule has 0 bridgehead atoms. The lowest BCUT2D eigenvalue weighted by molar-refractivity contribution is -0.136. The third kappa shape index (κ3) is 5.72. The average molecular weight is 390 g/mol. The van der Waals surface area contributed by atoms with Gasteiger partial charge >= 0.3 is 11.8 Å². The Bertz CT molecular complexity index is 633. The molecule has 0 saturated carbocycles. The summed E-state index contributed by atoms with van der Waals surface area (Å²) in [5, 5.41) is 5.49. The molecule has 6 heteroatoms. The van der Waals surface area contributed by atoms with Gasteiger partial charge in [-0.15, -0.1) is 0 Å². The number of benzene rings is 1. The van der Waals surface area contributed by atoms with Gasteiger partial charge in [0, 0.05) is 24.0 Å². The highest BCUT2D eigenvalue weighted by molar-refractivity contribution is 7.99. The number of hydrogen-bond acceptors (Lipinski definition) is 4. The Balaban J connectivity index is 1.38. The number of hydrogen-bond donors (Lipinski definition) is 2. The second-order valence-electron chi connectivity index (χ2n) is 7.94. The van der Waals surface area contributed by atoms with Crippen molar-refractivity contribution < 1.29 is 9.59 Å². The quantitative estimate of drug-likeness (QED) is 0.760. The molecule has 2 fully saturated rings. The van der Waals surface area contributed by atoms with Crippen molar-refractivity contribution in [3.05, 3.63) is 29.8 Å². The first kappa shape index (κ1) is 20.2. The van der Waals surface area contributed by atoms with Crippen LogP contribution in [0.2, 0.25) is 0 Å². The third-order valence-corrected chi connectivity index (χ3v) is 6.81. The normalized spacial score (nSPS) is 21.4. The fourth-order valence-corrected chi connectivity index (χ4v) is 5.04. The number of carbonyl (C=O) groups excluding carboxylic acids is 2. The maximum Gasteiger partial charge on any atom is 0.313 e. The van der Waals surface area contributed by atoms with Gasteiger partial charge in [-0.1, -0.05) is 26.0 Å². The van der Waals surface area contributed by atoms with E-state index in [9.17, 15) is 9.59 Å². The molecule has 1 aromatic carbocycles. The summed E-state index contributed by atoms with van der Waals surface area (Å²) in [7, 11) is 0. The second-order valence-corrected chi connectivity index (χ2v) is 9.09. The summed E-state index contributed by atoms with van der Waals surface area (Å²) in [5.41, 5.74) is 1.86. The van der Waals surface area contributed by atoms with Gasteiger partial charge in [-0.2, -0.15) is 11.8 Å². The van der Waals surface area contributed by atoms with E-state index in [2.05, 4.69) is 41.1 Å². The zero-order chi connectivity index (χ0) is 19.2. The monoisotopic (exact) mass is 389 g/mol. The Morgan fingerprint density at radius 1 is 1.11 bits per heavy atom. The lowest BCUT2D eigenvalue weighted by Crippen LogP contribution is -2.45. The van der Waals surface area contributed by atoms with Gasteiger partial charge in [-0.25, -0.2) is 0 Å². The first-order valence-electron chi connectivity index (χ1n) is 10.0. The first-order valence-corrected chi connectivity index (χ1v) is 11.2. The number of rotatable bonds is 5. The molecule has 148 valence electrons. The molecule has 0 radical (unpaired) electrons. The summed E-state index contributed by atoms with van der Waals surface area (Å²) in [5.74, 6) is 2.33. The molecule has 1 atom stereocenters. The van der Waals surface area contributed by atoms with E-state index in [1.54, 1.807) is 0 Å². The smallest absolute Gasteiger partial charge is 0.313 e. The fourth-order valence-electron chi connectivity index (χ4n) is 3.79. The van der Waals surface area contributed by atoms with Crippen molar-refractivity contribution in [3.63, 3.8) is 0 Å². The topological polar surface area (TPSA) is 61.4 Å². The van der Waals surface area contributed by atoms with Crippen molar-refractivity contribution in [3.8, 4) is 0 Å². The lowest BCUT2D eigenvalue weighted by Gasteiger charge is -2.35. The van der Waals surface area contributed by atoms with E-state index >= 15 is 0 Å². The maximum absolute atomic E-state index is 12.1. The van der Waals surface area contributed by atoms with E-state index in [1.807, 2.05) is 24.3 Å². The highest BCUT2D eigenvalue weighted by Gasteiger charge is 2.27. The van der Waals surface area contributed by atoms with Gasteiger partial charge in [-0.3, -0.25) is 14.5 Å². The number of thioether (sulfide) groups is 1. The van der Waals surface area contributed by atoms with Gasteiger partial charge in [-0.05, 0) is 67.6 Å². The molecular formula is C21H31N3O2S. The van der Waals surface area contributed by atoms with Crippen LogP contribution < -0.4 is 10.6 Å². The van der Waals surface area contributed by atoms with E-state index in [1.165, 1.54) is 23.5 Å². The number of piperidine rings is 1. The van der Waals surface area contributed by atoms with Crippen molar-refractivity contribution in [2.24, 2.45) is 5.92 Å². The van der Waals surface area contributed by atoms with Crippen molar-refractivity contribution >= 4 is 29.3 Å². The van der Waals surface area contributed by atoms with Crippen molar-refractivity contribution in [1.82, 2.24) is 10.2 Å². The molecule has 2 aliphatic rings. The van der Waals surface area contributed by atoms with Crippen LogP contribution in [0.5, 0.6) is 0 Å². The molecule has 27 heavy (non-hydrogen) atoms. The average Bonchev–Trinajstić information content (AvgIpc) is 3.21. The van der Waals surface area contributed by atoms with Gasteiger partial charge in [0.05, 0.1) is 0 Å². The Morgan fingerprint density at radius 3 is 2.41 bits per heavy atom. The summed E-state index contributed by atoms with van der Waals surface area (Å²) >= 11 is 2.05. The number of nitrogens with one attached hydrogen (secondary N) is 2. The van der Waals surface area contributed by atoms with Crippen LogP contribution in [0.15, 0.2) is 24.3 Å². The Kier molecular flexibility index (Phi) is 7.19. The van der Waals surface area contributed by atoms with E-state index < -0.39 is 11.8 Å². The van der Waals surface area contributed by atoms with Crippen LogP contribution >= 0.6 is 11.8 Å². The molecule has 0 aliphatic carbocycles. The predicted octanol–water partition coefficient (Wildman–Crippen LogP) is 3.08. The molecular weight excluding hydrogens is 358 g/mol. The van der Waals surface area contributed by atoms with E-state index in [4.69, 9.17) is 0 Å².